The van der Waals surface area contributed by atoms with Gasteiger partial charge in [0.1, 0.15) is 11.4 Å². The van der Waals surface area contributed by atoms with E-state index < -0.39 is 0 Å². The van der Waals surface area contributed by atoms with Crippen LogP contribution < -0.4 is 4.74 Å². The first-order valence-electron chi connectivity index (χ1n) is 5.08. The Morgan fingerprint density at radius 2 is 2.29 bits per heavy atom. The highest BCUT2D eigenvalue weighted by molar-refractivity contribution is 5.70. The summed E-state index contributed by atoms with van der Waals surface area (Å²) in [7, 11) is 1.61. The van der Waals surface area contributed by atoms with E-state index in [1.807, 2.05) is 19.1 Å². The standard InChI is InChI=1S/C11H12N4O2/c1-8-3-11(17-2)4-9(12-8)5-15-6-10(7-16)13-14-15/h3-4,6-7H,5H2,1-2H3. The summed E-state index contributed by atoms with van der Waals surface area (Å²) in [6.45, 7) is 2.35. The highest BCUT2D eigenvalue weighted by Crippen LogP contribution is 2.13. The van der Waals surface area contributed by atoms with Crippen molar-refractivity contribution in [3.8, 4) is 5.75 Å². The second-order valence-electron chi connectivity index (χ2n) is 3.60. The summed E-state index contributed by atoms with van der Waals surface area (Å²) in [5.41, 5.74) is 1.99. The van der Waals surface area contributed by atoms with Crippen LogP contribution in [-0.4, -0.2) is 33.4 Å². The van der Waals surface area contributed by atoms with Gasteiger partial charge in [0.05, 0.1) is 25.5 Å². The predicted octanol–water partition coefficient (Wildman–Crippen LogP) is 0.851. The molecule has 0 radical (unpaired) electrons. The molecule has 0 amide bonds. The van der Waals surface area contributed by atoms with Crippen LogP contribution in [0.1, 0.15) is 21.9 Å². The van der Waals surface area contributed by atoms with Crippen LogP contribution in [0.3, 0.4) is 0 Å². The summed E-state index contributed by atoms with van der Waals surface area (Å²) in [5.74, 6) is 0.753. The first-order chi connectivity index (χ1) is 8.21. The third kappa shape index (κ3) is 2.66. The predicted molar refractivity (Wildman–Crippen MR) is 60.0 cm³/mol. The summed E-state index contributed by atoms with van der Waals surface area (Å²) < 4.78 is 6.72. The number of aldehydes is 1. The number of carbonyl (C=O) groups is 1. The number of aromatic nitrogens is 4. The summed E-state index contributed by atoms with van der Waals surface area (Å²) in [6.07, 6.45) is 2.23. The summed E-state index contributed by atoms with van der Waals surface area (Å²) in [4.78, 5) is 14.8. The zero-order chi connectivity index (χ0) is 12.3. The molecule has 2 aromatic rings. The first kappa shape index (κ1) is 11.3. The van der Waals surface area contributed by atoms with Gasteiger partial charge in [-0.05, 0) is 6.92 Å². The molecule has 0 aliphatic carbocycles. The van der Waals surface area contributed by atoms with Crippen molar-refractivity contribution >= 4 is 6.29 Å². The molecular formula is C11H12N4O2. The molecule has 2 rings (SSSR count). The second kappa shape index (κ2) is 4.73. The van der Waals surface area contributed by atoms with Gasteiger partial charge in [-0.1, -0.05) is 5.21 Å². The van der Waals surface area contributed by atoms with Crippen molar-refractivity contribution in [2.75, 3.05) is 7.11 Å². The lowest BCUT2D eigenvalue weighted by molar-refractivity contribution is 0.111. The van der Waals surface area contributed by atoms with Gasteiger partial charge in [-0.2, -0.15) is 0 Å². The van der Waals surface area contributed by atoms with Gasteiger partial charge < -0.3 is 4.74 Å². The molecule has 0 fully saturated rings. The first-order valence-corrected chi connectivity index (χ1v) is 5.08. The molecule has 88 valence electrons. The average Bonchev–Trinajstić information content (AvgIpc) is 2.76. The van der Waals surface area contributed by atoms with E-state index in [0.29, 0.717) is 18.5 Å². The Morgan fingerprint density at radius 1 is 1.47 bits per heavy atom. The fourth-order valence-corrected chi connectivity index (χ4v) is 1.51. The lowest BCUT2D eigenvalue weighted by Gasteiger charge is -2.05. The van der Waals surface area contributed by atoms with Crippen molar-refractivity contribution in [3.05, 3.63) is 35.4 Å². The topological polar surface area (TPSA) is 69.9 Å². The molecule has 6 nitrogen and oxygen atoms in total. The maximum absolute atomic E-state index is 10.5. The van der Waals surface area contributed by atoms with E-state index in [9.17, 15) is 4.79 Å². The van der Waals surface area contributed by atoms with Crippen molar-refractivity contribution < 1.29 is 9.53 Å². The van der Waals surface area contributed by atoms with E-state index in [0.717, 1.165) is 17.1 Å². The molecule has 0 spiro atoms. The lowest BCUT2D eigenvalue weighted by atomic mass is 10.3. The average molecular weight is 232 g/mol. The van der Waals surface area contributed by atoms with Crippen LogP contribution in [0.15, 0.2) is 18.3 Å². The third-order valence-electron chi connectivity index (χ3n) is 2.22. The molecule has 0 bridgehead atoms. The van der Waals surface area contributed by atoms with E-state index in [4.69, 9.17) is 4.74 Å². The Kier molecular flexibility index (Phi) is 3.13. The molecular weight excluding hydrogens is 220 g/mol. The van der Waals surface area contributed by atoms with Gasteiger partial charge in [0, 0.05) is 17.8 Å². The zero-order valence-corrected chi connectivity index (χ0v) is 9.62. The number of aryl methyl sites for hydroxylation is 1. The minimum Gasteiger partial charge on any atom is -0.497 e. The summed E-state index contributed by atoms with van der Waals surface area (Å²) in [5, 5.41) is 7.50. The molecule has 0 unspecified atom stereocenters. The summed E-state index contributed by atoms with van der Waals surface area (Å²) in [6, 6.07) is 3.68. The highest BCUT2D eigenvalue weighted by atomic mass is 16.5. The fraction of sp³-hybridized carbons (Fsp3) is 0.273. The number of pyridine rings is 1. The number of carbonyl (C=O) groups excluding carboxylic acids is 1. The molecule has 17 heavy (non-hydrogen) atoms. The van der Waals surface area contributed by atoms with Gasteiger partial charge in [-0.25, -0.2) is 4.68 Å². The van der Waals surface area contributed by atoms with E-state index in [-0.39, 0.29) is 0 Å². The number of hydrogen-bond donors (Lipinski definition) is 0. The minimum atomic E-state index is 0.310. The van der Waals surface area contributed by atoms with Crippen LogP contribution in [-0.2, 0) is 6.54 Å². The van der Waals surface area contributed by atoms with Crippen molar-refractivity contribution in [1.29, 1.82) is 0 Å². The normalized spacial score (nSPS) is 10.2. The minimum absolute atomic E-state index is 0.310. The number of nitrogens with zero attached hydrogens (tertiary/aromatic N) is 4. The number of ether oxygens (including phenoxy) is 1. The molecule has 0 N–H and O–H groups in total. The Hall–Kier alpha value is -2.24. The third-order valence-corrected chi connectivity index (χ3v) is 2.22. The van der Waals surface area contributed by atoms with E-state index >= 15 is 0 Å². The Bertz CT molecular complexity index is 536. The van der Waals surface area contributed by atoms with Crippen LogP contribution in [0.4, 0.5) is 0 Å². The maximum atomic E-state index is 10.5. The molecule has 2 aromatic heterocycles. The van der Waals surface area contributed by atoms with Crippen LogP contribution in [0.25, 0.3) is 0 Å². The quantitative estimate of drug-likeness (QED) is 0.731. The number of rotatable bonds is 4. The van der Waals surface area contributed by atoms with Crippen molar-refractivity contribution in [1.82, 2.24) is 20.0 Å². The molecule has 0 saturated heterocycles. The van der Waals surface area contributed by atoms with Crippen molar-refractivity contribution in [2.45, 2.75) is 13.5 Å². The highest BCUT2D eigenvalue weighted by Gasteiger charge is 2.04. The molecule has 0 aromatic carbocycles. The van der Waals surface area contributed by atoms with Crippen molar-refractivity contribution in [2.24, 2.45) is 0 Å². The van der Waals surface area contributed by atoms with Crippen LogP contribution in [0.5, 0.6) is 5.75 Å². The van der Waals surface area contributed by atoms with Gasteiger partial charge >= 0.3 is 0 Å². The van der Waals surface area contributed by atoms with Gasteiger partial charge in [0.2, 0.25) is 0 Å². The van der Waals surface area contributed by atoms with Gasteiger partial charge in [-0.15, -0.1) is 5.10 Å². The van der Waals surface area contributed by atoms with Crippen LogP contribution in [0, 0.1) is 6.92 Å². The molecule has 2 heterocycles. The van der Waals surface area contributed by atoms with Gasteiger partial charge in [-0.3, -0.25) is 9.78 Å². The van der Waals surface area contributed by atoms with Crippen LogP contribution >= 0.6 is 0 Å². The van der Waals surface area contributed by atoms with E-state index in [2.05, 4.69) is 15.3 Å². The van der Waals surface area contributed by atoms with E-state index in [1.165, 1.54) is 0 Å². The molecule has 0 aliphatic rings. The van der Waals surface area contributed by atoms with Crippen LogP contribution in [0.2, 0.25) is 0 Å². The lowest BCUT2D eigenvalue weighted by Crippen LogP contribution is -2.04. The summed E-state index contributed by atoms with van der Waals surface area (Å²) >= 11 is 0. The Morgan fingerprint density at radius 3 is 2.94 bits per heavy atom. The van der Waals surface area contributed by atoms with Gasteiger partial charge in [0.15, 0.2) is 6.29 Å². The number of methoxy groups -OCH3 is 1. The Balaban J connectivity index is 2.22. The fourth-order valence-electron chi connectivity index (χ4n) is 1.51. The SMILES string of the molecule is COc1cc(C)nc(Cn2cc(C=O)nn2)c1. The monoisotopic (exact) mass is 232 g/mol. The number of hydrogen-bond acceptors (Lipinski definition) is 5. The maximum Gasteiger partial charge on any atom is 0.171 e. The second-order valence-corrected chi connectivity index (χ2v) is 3.60. The van der Waals surface area contributed by atoms with Gasteiger partial charge in [0.25, 0.3) is 0 Å². The van der Waals surface area contributed by atoms with Crippen molar-refractivity contribution in [3.63, 3.8) is 0 Å². The largest absolute Gasteiger partial charge is 0.497 e. The molecule has 0 saturated carbocycles. The van der Waals surface area contributed by atoms with E-state index in [1.54, 1.807) is 18.0 Å². The Labute approximate surface area is 98.2 Å². The smallest absolute Gasteiger partial charge is 0.171 e. The molecule has 6 heteroatoms. The molecule has 0 aliphatic heterocycles. The molecule has 0 atom stereocenters. The zero-order valence-electron chi connectivity index (χ0n) is 9.62.